The van der Waals surface area contributed by atoms with Crippen molar-refractivity contribution < 1.29 is 37.5 Å². The first-order valence-corrected chi connectivity index (χ1v) is 14.2. The highest BCUT2D eigenvalue weighted by Crippen LogP contribution is 2.07. The summed E-state index contributed by atoms with van der Waals surface area (Å²) in [5, 5.41) is 27.0. The number of sulfonamides is 1. The molecule has 17 heteroatoms. The van der Waals surface area contributed by atoms with Gasteiger partial charge >= 0.3 is 5.97 Å². The lowest BCUT2D eigenvalue weighted by molar-refractivity contribution is -0.140. The zero-order valence-corrected chi connectivity index (χ0v) is 23.0. The van der Waals surface area contributed by atoms with Crippen molar-refractivity contribution in [3.05, 3.63) is 5.82 Å². The number of nitrogens with one attached hydrogen (secondary N) is 4. The Morgan fingerprint density at radius 1 is 1.05 bits per heavy atom. The third-order valence-corrected chi connectivity index (χ3v) is 6.84. The average Bonchev–Trinajstić information content (AvgIpc) is 3.31. The highest BCUT2D eigenvalue weighted by Gasteiger charge is 2.25. The summed E-state index contributed by atoms with van der Waals surface area (Å²) < 4.78 is 25.9. The molecule has 0 aromatic carbocycles. The molecule has 1 heterocycles. The number of nitrogens with two attached hydrogens (primary N) is 1. The summed E-state index contributed by atoms with van der Waals surface area (Å²) in [5.41, 5.74) is 4.66. The van der Waals surface area contributed by atoms with Crippen molar-refractivity contribution in [3.63, 3.8) is 0 Å². The summed E-state index contributed by atoms with van der Waals surface area (Å²) in [6, 6.07) is -0.817. The Balaban J connectivity index is 2.24. The molecule has 0 fully saturated rings. The zero-order valence-electron chi connectivity index (χ0n) is 22.2. The van der Waals surface area contributed by atoms with Crippen molar-refractivity contribution in [2.75, 3.05) is 18.8 Å². The summed E-state index contributed by atoms with van der Waals surface area (Å²) in [6.45, 7) is 3.26. The Kier molecular flexibility index (Phi) is 14.4. The molecule has 0 bridgehead atoms. The van der Waals surface area contributed by atoms with E-state index in [-0.39, 0.29) is 49.1 Å². The Hall–Kier alpha value is -3.31. The Morgan fingerprint density at radius 2 is 1.77 bits per heavy atom. The molecule has 0 saturated carbocycles. The topological polar surface area (TPSA) is 256 Å². The predicted molar refractivity (Wildman–Crippen MR) is 137 cm³/mol. The fourth-order valence-electron chi connectivity index (χ4n) is 3.30. The minimum absolute atomic E-state index is 0.0694. The Labute approximate surface area is 226 Å². The van der Waals surface area contributed by atoms with E-state index < -0.39 is 45.7 Å². The van der Waals surface area contributed by atoms with E-state index in [9.17, 15) is 32.4 Å². The van der Waals surface area contributed by atoms with Gasteiger partial charge in [0.15, 0.2) is 17.4 Å². The van der Waals surface area contributed by atoms with Crippen LogP contribution < -0.4 is 21.1 Å². The van der Waals surface area contributed by atoms with Gasteiger partial charge in [0.25, 0.3) is 0 Å². The van der Waals surface area contributed by atoms with Crippen molar-refractivity contribution in [1.29, 1.82) is 0 Å². The SMILES string of the molecule is CC(C)(N)C(=O)CN[C@@H](CCCCNC(=O)CCCCCS(=O)(=O)NC(=O)Cc1nn[nH]n1)C(=O)CC(=O)O. The number of Topliss-reactive ketones (excluding diaryl/α,β-unsaturated/α-hetero) is 2. The zero-order chi connectivity index (χ0) is 29.5. The second-order valence-electron chi connectivity index (χ2n) is 9.62. The third-order valence-electron chi connectivity index (χ3n) is 5.48. The fraction of sp³-hybridized carbons (Fsp3) is 0.727. The van der Waals surface area contributed by atoms with Crippen LogP contribution in [-0.4, -0.2) is 93.9 Å². The molecule has 0 saturated heterocycles. The van der Waals surface area contributed by atoms with E-state index in [4.69, 9.17) is 10.8 Å². The maximum absolute atomic E-state index is 12.2. The number of tetrazole rings is 1. The standard InChI is InChI=1S/C22H38N8O8S/c1-22(2,23)17(32)14-25-15(16(31)12-21(35)36)8-5-6-10-24-19(33)9-4-3-7-11-39(37,38)28-20(34)13-18-26-29-30-27-18/h15,25H,3-14,23H2,1-2H3,(H,24,33)(H,28,34)(H,35,36)(H,26,27,29,30)/t15-/m0/s1. The number of aromatic nitrogens is 4. The van der Waals surface area contributed by atoms with Crippen LogP contribution in [0.15, 0.2) is 0 Å². The van der Waals surface area contributed by atoms with Gasteiger partial charge in [0.2, 0.25) is 21.8 Å². The first kappa shape index (κ1) is 33.7. The lowest BCUT2D eigenvalue weighted by Crippen LogP contribution is -2.49. The summed E-state index contributed by atoms with van der Waals surface area (Å²) in [7, 11) is -3.81. The maximum Gasteiger partial charge on any atom is 0.310 e. The van der Waals surface area contributed by atoms with Crippen molar-refractivity contribution in [3.8, 4) is 0 Å². The molecular formula is C22H38N8O8S. The number of aromatic amines is 1. The highest BCUT2D eigenvalue weighted by atomic mass is 32.2. The second-order valence-corrected chi connectivity index (χ2v) is 11.5. The molecule has 0 unspecified atom stereocenters. The van der Waals surface area contributed by atoms with Crippen LogP contribution >= 0.6 is 0 Å². The van der Waals surface area contributed by atoms with Crippen LogP contribution in [0.25, 0.3) is 0 Å². The van der Waals surface area contributed by atoms with Crippen LogP contribution in [0.5, 0.6) is 0 Å². The number of rotatable bonds is 21. The average molecular weight is 575 g/mol. The number of aliphatic carboxylic acids is 1. The van der Waals surface area contributed by atoms with Crippen molar-refractivity contribution >= 4 is 39.4 Å². The molecule has 1 atom stereocenters. The number of unbranched alkanes of at least 4 members (excludes halogenated alkanes) is 3. The van der Waals surface area contributed by atoms with E-state index in [1.54, 1.807) is 0 Å². The molecule has 16 nitrogen and oxygen atoms in total. The molecule has 0 aliphatic heterocycles. The number of carboxylic acid groups (broad SMARTS) is 1. The number of nitrogens with zero attached hydrogens (tertiary/aromatic N) is 3. The first-order chi connectivity index (χ1) is 18.2. The Bertz CT molecular complexity index is 1070. The molecule has 0 spiro atoms. The molecular weight excluding hydrogens is 536 g/mol. The molecule has 2 amide bonds. The van der Waals surface area contributed by atoms with Crippen molar-refractivity contribution in [2.45, 2.75) is 83.2 Å². The van der Waals surface area contributed by atoms with Gasteiger partial charge in [-0.3, -0.25) is 28.7 Å². The predicted octanol–water partition coefficient (Wildman–Crippen LogP) is -1.66. The number of hydrogen-bond donors (Lipinski definition) is 6. The van der Waals surface area contributed by atoms with E-state index in [1.165, 1.54) is 13.8 Å². The second kappa shape index (κ2) is 16.6. The monoisotopic (exact) mass is 574 g/mol. The van der Waals surface area contributed by atoms with Gasteiger partial charge in [0.05, 0.1) is 30.3 Å². The van der Waals surface area contributed by atoms with Crippen LogP contribution in [0.2, 0.25) is 0 Å². The van der Waals surface area contributed by atoms with Gasteiger partial charge in [0.1, 0.15) is 6.42 Å². The normalized spacial score (nSPS) is 12.5. The molecule has 1 aromatic heterocycles. The largest absolute Gasteiger partial charge is 0.481 e. The smallest absolute Gasteiger partial charge is 0.310 e. The van der Waals surface area contributed by atoms with Gasteiger partial charge in [-0.15, -0.1) is 10.2 Å². The number of ketones is 2. The van der Waals surface area contributed by atoms with Gasteiger partial charge in [-0.05, 0) is 46.0 Å². The number of carboxylic acids is 1. The van der Waals surface area contributed by atoms with Crippen molar-refractivity contribution in [2.24, 2.45) is 5.73 Å². The number of carbonyl (C=O) groups excluding carboxylic acids is 4. The van der Waals surface area contributed by atoms with Crippen molar-refractivity contribution in [1.82, 2.24) is 36.0 Å². The minimum atomic E-state index is -3.81. The van der Waals surface area contributed by atoms with Gasteiger partial charge in [-0.1, -0.05) is 11.6 Å². The van der Waals surface area contributed by atoms with Gasteiger partial charge < -0.3 is 21.5 Å². The van der Waals surface area contributed by atoms with Gasteiger partial charge in [0, 0.05) is 13.0 Å². The molecule has 7 N–H and O–H groups in total. The molecule has 0 radical (unpaired) electrons. The van der Waals surface area contributed by atoms with Crippen LogP contribution in [0.1, 0.15) is 71.0 Å². The fourth-order valence-corrected chi connectivity index (χ4v) is 4.40. The van der Waals surface area contributed by atoms with Crippen LogP contribution in [0.4, 0.5) is 0 Å². The molecule has 1 rings (SSSR count). The lowest BCUT2D eigenvalue weighted by atomic mass is 9.99. The number of hydrogen-bond acceptors (Lipinski definition) is 12. The van der Waals surface area contributed by atoms with Crippen LogP contribution in [0, 0.1) is 0 Å². The summed E-state index contributed by atoms with van der Waals surface area (Å²) in [5.74, 6) is -3.28. The lowest BCUT2D eigenvalue weighted by Gasteiger charge is -2.21. The van der Waals surface area contributed by atoms with Gasteiger partial charge in [-0.25, -0.2) is 8.42 Å². The van der Waals surface area contributed by atoms with E-state index >= 15 is 0 Å². The first-order valence-electron chi connectivity index (χ1n) is 12.5. The number of carbonyl (C=O) groups is 5. The molecule has 1 aromatic rings. The summed E-state index contributed by atoms with van der Waals surface area (Å²) >= 11 is 0. The third kappa shape index (κ3) is 15.6. The number of amides is 2. The molecule has 39 heavy (non-hydrogen) atoms. The highest BCUT2D eigenvalue weighted by molar-refractivity contribution is 7.90. The van der Waals surface area contributed by atoms with E-state index in [0.29, 0.717) is 38.6 Å². The Morgan fingerprint density at radius 3 is 2.38 bits per heavy atom. The molecule has 220 valence electrons. The molecule has 0 aliphatic rings. The van der Waals surface area contributed by atoms with E-state index in [0.717, 1.165) is 0 Å². The quantitative estimate of drug-likeness (QED) is 0.0711. The van der Waals surface area contributed by atoms with Crippen LogP contribution in [-0.2, 0) is 40.4 Å². The summed E-state index contributed by atoms with van der Waals surface area (Å²) in [4.78, 5) is 58.9. The van der Waals surface area contributed by atoms with Crippen LogP contribution in [0.3, 0.4) is 0 Å². The maximum atomic E-state index is 12.2. The van der Waals surface area contributed by atoms with Gasteiger partial charge in [-0.2, -0.15) is 5.21 Å². The minimum Gasteiger partial charge on any atom is -0.481 e. The number of H-pyrrole nitrogens is 1. The van der Waals surface area contributed by atoms with E-state index in [2.05, 4.69) is 31.3 Å². The molecule has 0 aliphatic carbocycles. The van der Waals surface area contributed by atoms with E-state index in [1.807, 2.05) is 4.72 Å². The summed E-state index contributed by atoms with van der Waals surface area (Å²) in [6.07, 6.45) is 1.72.